The molecule has 0 saturated heterocycles. The standard InChI is InChI=1S/C15H14ClNO2/c1-10-5-12(8-13(6-10)19-2)14(18)7-11-3-4-15(16)17-9-11/h3-9,18H,1-2H3/b14-7+. The van der Waals surface area contributed by atoms with Crippen LogP contribution in [0.25, 0.3) is 11.8 Å². The van der Waals surface area contributed by atoms with Crippen molar-refractivity contribution in [3.63, 3.8) is 0 Å². The van der Waals surface area contributed by atoms with Crippen LogP contribution in [0, 0.1) is 6.92 Å². The van der Waals surface area contributed by atoms with Crippen LogP contribution in [0.5, 0.6) is 5.75 Å². The van der Waals surface area contributed by atoms with Crippen LogP contribution < -0.4 is 4.74 Å². The molecule has 0 aliphatic carbocycles. The van der Waals surface area contributed by atoms with Gasteiger partial charge in [0.05, 0.1) is 7.11 Å². The molecule has 0 unspecified atom stereocenters. The SMILES string of the molecule is COc1cc(C)cc(/C(O)=C\c2ccc(Cl)nc2)c1. The predicted molar refractivity (Wildman–Crippen MR) is 77.5 cm³/mol. The number of rotatable bonds is 3. The Labute approximate surface area is 117 Å². The number of benzene rings is 1. The van der Waals surface area contributed by atoms with Crippen molar-refractivity contribution in [3.05, 3.63) is 58.4 Å². The summed E-state index contributed by atoms with van der Waals surface area (Å²) in [6, 6.07) is 9.04. The highest BCUT2D eigenvalue weighted by atomic mass is 35.5. The highest BCUT2D eigenvalue weighted by molar-refractivity contribution is 6.29. The van der Waals surface area contributed by atoms with Gasteiger partial charge in [-0.1, -0.05) is 17.7 Å². The minimum Gasteiger partial charge on any atom is -0.507 e. The molecule has 3 nitrogen and oxygen atoms in total. The fourth-order valence-electron chi connectivity index (χ4n) is 1.73. The quantitative estimate of drug-likeness (QED) is 0.677. The van der Waals surface area contributed by atoms with E-state index in [9.17, 15) is 5.11 Å². The zero-order chi connectivity index (χ0) is 13.8. The zero-order valence-electron chi connectivity index (χ0n) is 10.7. The third-order valence-corrected chi connectivity index (χ3v) is 2.86. The molecular formula is C15H14ClNO2. The largest absolute Gasteiger partial charge is 0.507 e. The van der Waals surface area contributed by atoms with Gasteiger partial charge < -0.3 is 9.84 Å². The number of aromatic nitrogens is 1. The van der Waals surface area contributed by atoms with Gasteiger partial charge in [0.25, 0.3) is 0 Å². The molecule has 1 heterocycles. The predicted octanol–water partition coefficient (Wildman–Crippen LogP) is 4.11. The fourth-order valence-corrected chi connectivity index (χ4v) is 1.84. The van der Waals surface area contributed by atoms with Crippen molar-refractivity contribution in [2.45, 2.75) is 6.92 Å². The Morgan fingerprint density at radius 2 is 2.11 bits per heavy atom. The highest BCUT2D eigenvalue weighted by Crippen LogP contribution is 2.22. The normalized spacial score (nSPS) is 11.4. The number of pyridine rings is 1. The summed E-state index contributed by atoms with van der Waals surface area (Å²) in [6.45, 7) is 1.95. The minimum absolute atomic E-state index is 0.158. The van der Waals surface area contributed by atoms with E-state index < -0.39 is 0 Å². The first-order valence-corrected chi connectivity index (χ1v) is 6.14. The van der Waals surface area contributed by atoms with Crippen LogP contribution in [0.2, 0.25) is 5.15 Å². The average Bonchev–Trinajstić information content (AvgIpc) is 2.40. The van der Waals surface area contributed by atoms with E-state index in [0.29, 0.717) is 16.5 Å². The summed E-state index contributed by atoms with van der Waals surface area (Å²) >= 11 is 5.71. The lowest BCUT2D eigenvalue weighted by Crippen LogP contribution is -1.89. The van der Waals surface area contributed by atoms with Crippen molar-refractivity contribution in [1.29, 1.82) is 0 Å². The van der Waals surface area contributed by atoms with Crippen LogP contribution in [0.4, 0.5) is 0 Å². The number of aliphatic hydroxyl groups excluding tert-OH is 1. The molecule has 98 valence electrons. The number of methoxy groups -OCH3 is 1. The first kappa shape index (κ1) is 13.4. The number of aryl methyl sites for hydroxylation is 1. The second kappa shape index (κ2) is 5.76. The van der Waals surface area contributed by atoms with Crippen LogP contribution in [0.1, 0.15) is 16.7 Å². The molecule has 0 aliphatic heterocycles. The van der Waals surface area contributed by atoms with Crippen molar-refractivity contribution in [2.75, 3.05) is 7.11 Å². The molecule has 0 saturated carbocycles. The Morgan fingerprint density at radius 1 is 1.32 bits per heavy atom. The molecule has 0 radical (unpaired) electrons. The third-order valence-electron chi connectivity index (χ3n) is 2.64. The van der Waals surface area contributed by atoms with Gasteiger partial charge >= 0.3 is 0 Å². The van der Waals surface area contributed by atoms with Crippen molar-refractivity contribution < 1.29 is 9.84 Å². The van der Waals surface area contributed by atoms with Crippen LogP contribution in [-0.2, 0) is 0 Å². The van der Waals surface area contributed by atoms with E-state index in [0.717, 1.165) is 11.1 Å². The van der Waals surface area contributed by atoms with E-state index in [-0.39, 0.29) is 5.76 Å². The minimum atomic E-state index is 0.158. The van der Waals surface area contributed by atoms with E-state index in [1.165, 1.54) is 0 Å². The van der Waals surface area contributed by atoms with Crippen LogP contribution in [-0.4, -0.2) is 17.2 Å². The van der Waals surface area contributed by atoms with Gasteiger partial charge in [0.2, 0.25) is 0 Å². The summed E-state index contributed by atoms with van der Waals surface area (Å²) < 4.78 is 5.18. The second-order valence-electron chi connectivity index (χ2n) is 4.18. The van der Waals surface area contributed by atoms with Crippen LogP contribution >= 0.6 is 11.6 Å². The number of nitrogens with zero attached hydrogens (tertiary/aromatic N) is 1. The molecule has 1 aromatic carbocycles. The van der Waals surface area contributed by atoms with Gasteiger partial charge in [-0.3, -0.25) is 0 Å². The van der Waals surface area contributed by atoms with E-state index in [2.05, 4.69) is 4.98 Å². The molecule has 1 aromatic heterocycles. The number of halogens is 1. The Bertz CT molecular complexity index is 606. The van der Waals surface area contributed by atoms with E-state index in [1.54, 1.807) is 37.6 Å². The van der Waals surface area contributed by atoms with E-state index >= 15 is 0 Å². The van der Waals surface area contributed by atoms with Gasteiger partial charge in [-0.05, 0) is 48.4 Å². The lowest BCUT2D eigenvalue weighted by Gasteiger charge is -2.06. The van der Waals surface area contributed by atoms with Gasteiger partial charge in [0, 0.05) is 11.8 Å². The summed E-state index contributed by atoms with van der Waals surface area (Å²) in [4.78, 5) is 3.96. The van der Waals surface area contributed by atoms with E-state index in [1.807, 2.05) is 19.1 Å². The molecule has 19 heavy (non-hydrogen) atoms. The lowest BCUT2D eigenvalue weighted by atomic mass is 10.1. The summed E-state index contributed by atoms with van der Waals surface area (Å²) in [7, 11) is 1.60. The lowest BCUT2D eigenvalue weighted by molar-refractivity contribution is 0.413. The summed E-state index contributed by atoms with van der Waals surface area (Å²) in [5.41, 5.74) is 2.50. The topological polar surface area (TPSA) is 42.4 Å². The molecular weight excluding hydrogens is 262 g/mol. The Balaban J connectivity index is 2.35. The molecule has 2 aromatic rings. The van der Waals surface area contributed by atoms with Gasteiger partial charge in [-0.25, -0.2) is 4.98 Å². The molecule has 0 amide bonds. The number of aliphatic hydroxyl groups is 1. The molecule has 0 fully saturated rings. The van der Waals surface area contributed by atoms with Crippen molar-refractivity contribution >= 4 is 23.4 Å². The summed E-state index contributed by atoms with van der Waals surface area (Å²) in [5.74, 6) is 0.871. The first-order chi connectivity index (χ1) is 9.08. The van der Waals surface area contributed by atoms with Gasteiger partial charge in [-0.2, -0.15) is 0 Å². The highest BCUT2D eigenvalue weighted by Gasteiger charge is 2.03. The van der Waals surface area contributed by atoms with Crippen LogP contribution in [0.15, 0.2) is 36.5 Å². The van der Waals surface area contributed by atoms with Crippen molar-refractivity contribution in [1.82, 2.24) is 4.98 Å². The van der Waals surface area contributed by atoms with Crippen molar-refractivity contribution in [3.8, 4) is 5.75 Å². The van der Waals surface area contributed by atoms with Crippen LogP contribution in [0.3, 0.4) is 0 Å². The molecule has 4 heteroatoms. The molecule has 1 N–H and O–H groups in total. The zero-order valence-corrected chi connectivity index (χ0v) is 11.5. The van der Waals surface area contributed by atoms with E-state index in [4.69, 9.17) is 16.3 Å². The average molecular weight is 276 g/mol. The smallest absolute Gasteiger partial charge is 0.129 e. The van der Waals surface area contributed by atoms with Gasteiger partial charge in [0.15, 0.2) is 0 Å². The first-order valence-electron chi connectivity index (χ1n) is 5.77. The summed E-state index contributed by atoms with van der Waals surface area (Å²) in [5, 5.41) is 10.6. The molecule has 0 aliphatic rings. The molecule has 0 spiro atoms. The molecule has 0 bridgehead atoms. The number of hydrogen-bond donors (Lipinski definition) is 1. The van der Waals surface area contributed by atoms with Gasteiger partial charge in [0.1, 0.15) is 16.7 Å². The monoisotopic (exact) mass is 275 g/mol. The second-order valence-corrected chi connectivity index (χ2v) is 4.57. The maximum absolute atomic E-state index is 10.1. The molecule has 0 atom stereocenters. The number of ether oxygens (including phenoxy) is 1. The Hall–Kier alpha value is -2.00. The molecule has 2 rings (SSSR count). The number of hydrogen-bond acceptors (Lipinski definition) is 3. The maximum Gasteiger partial charge on any atom is 0.129 e. The Morgan fingerprint density at radius 3 is 2.74 bits per heavy atom. The maximum atomic E-state index is 10.1. The van der Waals surface area contributed by atoms with Crippen molar-refractivity contribution in [2.24, 2.45) is 0 Å². The Kier molecular flexibility index (Phi) is 4.07. The third kappa shape index (κ3) is 3.48. The van der Waals surface area contributed by atoms with Gasteiger partial charge in [-0.15, -0.1) is 0 Å². The fraction of sp³-hybridized carbons (Fsp3) is 0.133. The summed E-state index contributed by atoms with van der Waals surface area (Å²) in [6.07, 6.45) is 3.24.